The first-order valence-electron chi connectivity index (χ1n) is 7.09. The number of carbonyl (C=O) groups excluding carboxylic acids is 1. The Bertz CT molecular complexity index is 892. The lowest BCUT2D eigenvalue weighted by molar-refractivity contribution is -0.137. The van der Waals surface area contributed by atoms with Crippen LogP contribution >= 0.6 is 11.6 Å². The van der Waals surface area contributed by atoms with Crippen LogP contribution in [0.25, 0.3) is 5.65 Å². The number of benzene rings is 1. The van der Waals surface area contributed by atoms with Gasteiger partial charge in [0.2, 0.25) is 0 Å². The van der Waals surface area contributed by atoms with Crippen molar-refractivity contribution in [3.05, 3.63) is 65.1 Å². The lowest BCUT2D eigenvalue weighted by Gasteiger charge is -2.20. The van der Waals surface area contributed by atoms with Crippen LogP contribution in [-0.4, -0.2) is 43.0 Å². The highest BCUT2D eigenvalue weighted by molar-refractivity contribution is 6.30. The molecule has 0 bridgehead atoms. The van der Waals surface area contributed by atoms with Crippen molar-refractivity contribution >= 4 is 29.1 Å². The molecule has 8 heteroatoms. The molecular weight excluding hydrogens is 332 g/mol. The van der Waals surface area contributed by atoms with E-state index < -0.39 is 18.4 Å². The van der Waals surface area contributed by atoms with E-state index >= 15 is 0 Å². The van der Waals surface area contributed by atoms with Gasteiger partial charge < -0.3 is 10.0 Å². The van der Waals surface area contributed by atoms with Gasteiger partial charge in [-0.1, -0.05) is 23.7 Å². The van der Waals surface area contributed by atoms with Crippen molar-refractivity contribution in [3.8, 4) is 0 Å². The van der Waals surface area contributed by atoms with E-state index in [4.69, 9.17) is 16.7 Å². The Labute approximate surface area is 142 Å². The van der Waals surface area contributed by atoms with E-state index in [9.17, 15) is 9.59 Å². The Kier molecular flexibility index (Phi) is 4.43. The zero-order valence-electron chi connectivity index (χ0n) is 12.5. The number of carboxylic acid groups (broad SMARTS) is 1. The quantitative estimate of drug-likeness (QED) is 0.765. The molecule has 0 aliphatic rings. The van der Waals surface area contributed by atoms with E-state index in [1.807, 2.05) is 0 Å². The van der Waals surface area contributed by atoms with Gasteiger partial charge in [0.05, 0.1) is 6.20 Å². The number of aromatic nitrogens is 3. The van der Waals surface area contributed by atoms with Gasteiger partial charge in [-0.3, -0.25) is 9.59 Å². The van der Waals surface area contributed by atoms with Crippen molar-refractivity contribution in [2.75, 3.05) is 6.54 Å². The maximum Gasteiger partial charge on any atom is 0.323 e. The van der Waals surface area contributed by atoms with E-state index in [0.717, 1.165) is 5.56 Å². The van der Waals surface area contributed by atoms with E-state index in [-0.39, 0.29) is 12.2 Å². The van der Waals surface area contributed by atoms with E-state index in [1.54, 1.807) is 36.4 Å². The molecule has 0 radical (unpaired) electrons. The lowest BCUT2D eigenvalue weighted by atomic mass is 10.2. The molecule has 0 aliphatic heterocycles. The van der Waals surface area contributed by atoms with Gasteiger partial charge in [0.1, 0.15) is 6.54 Å². The summed E-state index contributed by atoms with van der Waals surface area (Å²) >= 11 is 5.85. The predicted molar refractivity (Wildman–Crippen MR) is 86.8 cm³/mol. The second-order valence-corrected chi connectivity index (χ2v) is 5.55. The Morgan fingerprint density at radius 2 is 1.96 bits per heavy atom. The Balaban J connectivity index is 1.91. The van der Waals surface area contributed by atoms with Crippen LogP contribution in [0.2, 0.25) is 5.02 Å². The van der Waals surface area contributed by atoms with Crippen LogP contribution in [0.1, 0.15) is 16.1 Å². The largest absolute Gasteiger partial charge is 0.480 e. The maximum atomic E-state index is 12.8. The summed E-state index contributed by atoms with van der Waals surface area (Å²) < 4.78 is 1.39. The fraction of sp³-hybridized carbons (Fsp3) is 0.125. The van der Waals surface area contributed by atoms with Gasteiger partial charge in [-0.15, -0.1) is 0 Å². The van der Waals surface area contributed by atoms with Crippen molar-refractivity contribution < 1.29 is 14.7 Å². The average molecular weight is 345 g/mol. The van der Waals surface area contributed by atoms with Crippen molar-refractivity contribution in [3.63, 3.8) is 0 Å². The summed E-state index contributed by atoms with van der Waals surface area (Å²) in [6.07, 6.45) is 2.92. The van der Waals surface area contributed by atoms with Crippen LogP contribution in [0.3, 0.4) is 0 Å². The molecule has 0 saturated heterocycles. The molecule has 3 rings (SSSR count). The van der Waals surface area contributed by atoms with Crippen LogP contribution in [0.15, 0.2) is 48.8 Å². The number of imidazole rings is 1. The number of carbonyl (C=O) groups is 2. The number of carboxylic acids is 1. The Morgan fingerprint density at radius 3 is 2.67 bits per heavy atom. The smallest absolute Gasteiger partial charge is 0.323 e. The molecule has 24 heavy (non-hydrogen) atoms. The number of nitrogens with zero attached hydrogens (tertiary/aromatic N) is 4. The minimum absolute atomic E-state index is 0.141. The monoisotopic (exact) mass is 344 g/mol. The Morgan fingerprint density at radius 1 is 1.21 bits per heavy atom. The number of fused-ring (bicyclic) bond motifs is 1. The summed E-state index contributed by atoms with van der Waals surface area (Å²) in [5.74, 6) is -1.56. The summed E-state index contributed by atoms with van der Waals surface area (Å²) in [5, 5.41) is 13.8. The molecule has 1 amide bonds. The average Bonchev–Trinajstić information content (AvgIpc) is 2.99. The topological polar surface area (TPSA) is 87.8 Å². The summed E-state index contributed by atoms with van der Waals surface area (Å²) in [7, 11) is 0. The fourth-order valence-electron chi connectivity index (χ4n) is 2.31. The van der Waals surface area contributed by atoms with Gasteiger partial charge >= 0.3 is 5.97 Å². The summed E-state index contributed by atoms with van der Waals surface area (Å²) in [6.45, 7) is -0.288. The number of halogens is 1. The molecule has 0 atom stereocenters. The standard InChI is InChI=1S/C16H13ClN4O3/c17-12-5-3-11(4-6-12)9-20(10-15(22)23)16(24)13-8-18-14-2-1-7-19-21(13)14/h1-8H,9-10H2,(H,22,23). The molecule has 0 spiro atoms. The molecule has 3 aromatic rings. The van der Waals surface area contributed by atoms with Gasteiger partial charge in [-0.2, -0.15) is 5.10 Å². The molecule has 1 aromatic carbocycles. The van der Waals surface area contributed by atoms with Crippen LogP contribution in [0.5, 0.6) is 0 Å². The van der Waals surface area contributed by atoms with Gasteiger partial charge in [-0.25, -0.2) is 9.50 Å². The van der Waals surface area contributed by atoms with Crippen molar-refractivity contribution in [1.29, 1.82) is 0 Å². The highest BCUT2D eigenvalue weighted by Gasteiger charge is 2.22. The van der Waals surface area contributed by atoms with Crippen LogP contribution in [0, 0.1) is 0 Å². The number of hydrogen-bond acceptors (Lipinski definition) is 4. The fourth-order valence-corrected chi connectivity index (χ4v) is 2.44. The summed E-state index contributed by atoms with van der Waals surface area (Å²) in [5.41, 5.74) is 1.50. The van der Waals surface area contributed by atoms with Gasteiger partial charge in [-0.05, 0) is 29.8 Å². The lowest BCUT2D eigenvalue weighted by Crippen LogP contribution is -2.36. The van der Waals surface area contributed by atoms with Crippen LogP contribution in [-0.2, 0) is 11.3 Å². The molecular formula is C16H13ClN4O3. The third-order valence-corrected chi connectivity index (χ3v) is 3.65. The first-order chi connectivity index (χ1) is 11.5. The number of rotatable bonds is 5. The molecule has 2 heterocycles. The Hall–Kier alpha value is -2.93. The normalized spacial score (nSPS) is 10.7. The first kappa shape index (κ1) is 15.9. The van der Waals surface area contributed by atoms with E-state index in [1.165, 1.54) is 21.8 Å². The second kappa shape index (κ2) is 6.67. The maximum absolute atomic E-state index is 12.8. The number of aliphatic carboxylic acids is 1. The summed E-state index contributed by atoms with van der Waals surface area (Å²) in [6, 6.07) is 10.3. The second-order valence-electron chi connectivity index (χ2n) is 5.12. The SMILES string of the molecule is O=C(O)CN(Cc1ccc(Cl)cc1)C(=O)c1cnc2cccnn12. The van der Waals surface area contributed by atoms with Crippen molar-refractivity contribution in [2.24, 2.45) is 0 Å². The third kappa shape index (κ3) is 3.36. The zero-order chi connectivity index (χ0) is 17.1. The molecule has 0 fully saturated rings. The zero-order valence-corrected chi connectivity index (χ0v) is 13.2. The minimum atomic E-state index is -1.10. The number of hydrogen-bond donors (Lipinski definition) is 1. The van der Waals surface area contributed by atoms with Crippen LogP contribution < -0.4 is 0 Å². The number of amides is 1. The first-order valence-corrected chi connectivity index (χ1v) is 7.46. The molecule has 0 unspecified atom stereocenters. The molecule has 122 valence electrons. The molecule has 0 aliphatic carbocycles. The van der Waals surface area contributed by atoms with Crippen LogP contribution in [0.4, 0.5) is 0 Å². The van der Waals surface area contributed by atoms with Gasteiger partial charge in [0, 0.05) is 17.8 Å². The summed E-state index contributed by atoms with van der Waals surface area (Å²) in [4.78, 5) is 29.2. The van der Waals surface area contributed by atoms with E-state index in [2.05, 4.69) is 10.1 Å². The predicted octanol–water partition coefficient (Wildman–Crippen LogP) is 2.11. The van der Waals surface area contributed by atoms with Gasteiger partial charge in [0.15, 0.2) is 11.3 Å². The highest BCUT2D eigenvalue weighted by Crippen LogP contribution is 2.14. The molecule has 0 saturated carbocycles. The minimum Gasteiger partial charge on any atom is -0.480 e. The van der Waals surface area contributed by atoms with Gasteiger partial charge in [0.25, 0.3) is 5.91 Å². The molecule has 2 aromatic heterocycles. The third-order valence-electron chi connectivity index (χ3n) is 3.40. The van der Waals surface area contributed by atoms with Crippen molar-refractivity contribution in [1.82, 2.24) is 19.5 Å². The van der Waals surface area contributed by atoms with Crippen molar-refractivity contribution in [2.45, 2.75) is 6.54 Å². The molecule has 1 N–H and O–H groups in total. The highest BCUT2D eigenvalue weighted by atomic mass is 35.5. The van der Waals surface area contributed by atoms with E-state index in [0.29, 0.717) is 10.7 Å². The molecule has 7 nitrogen and oxygen atoms in total.